The molecule has 3 aromatic rings. The molecular formula is C24H29N3O3. The van der Waals surface area contributed by atoms with Gasteiger partial charge < -0.3 is 10.1 Å². The zero-order chi connectivity index (χ0) is 21.1. The van der Waals surface area contributed by atoms with Crippen LogP contribution in [0.3, 0.4) is 0 Å². The number of carbonyl (C=O) groups is 1. The third-order valence-corrected chi connectivity index (χ3v) is 6.11. The first-order valence-corrected chi connectivity index (χ1v) is 10.7. The first-order valence-electron chi connectivity index (χ1n) is 10.7. The lowest BCUT2D eigenvalue weighted by Gasteiger charge is -2.20. The summed E-state index contributed by atoms with van der Waals surface area (Å²) in [6.45, 7) is 0.555. The van der Waals surface area contributed by atoms with Gasteiger partial charge in [-0.3, -0.25) is 19.0 Å². The van der Waals surface area contributed by atoms with Crippen molar-refractivity contribution >= 4 is 22.5 Å². The lowest BCUT2D eigenvalue weighted by Crippen LogP contribution is -2.19. The van der Waals surface area contributed by atoms with Crippen LogP contribution < -0.4 is 15.6 Å². The quantitative estimate of drug-likeness (QED) is 0.662. The molecule has 0 saturated heterocycles. The summed E-state index contributed by atoms with van der Waals surface area (Å²) in [4.78, 5) is 25.3. The van der Waals surface area contributed by atoms with Crippen molar-refractivity contribution in [3.05, 3.63) is 58.4 Å². The van der Waals surface area contributed by atoms with Gasteiger partial charge in [-0.25, -0.2) is 0 Å². The Morgan fingerprint density at radius 2 is 1.93 bits per heavy atom. The molecule has 1 aliphatic rings. The number of benzene rings is 2. The summed E-state index contributed by atoms with van der Waals surface area (Å²) in [5.74, 6) is 1.31. The van der Waals surface area contributed by atoms with E-state index in [9.17, 15) is 9.59 Å². The van der Waals surface area contributed by atoms with Gasteiger partial charge in [-0.05, 0) is 54.7 Å². The Hall–Kier alpha value is -3.02. The molecule has 158 valence electrons. The number of rotatable bonds is 6. The Bertz CT molecular complexity index is 1110. The highest BCUT2D eigenvalue weighted by molar-refractivity contribution is 5.93. The minimum Gasteiger partial charge on any atom is -0.497 e. The molecule has 1 amide bonds. The largest absolute Gasteiger partial charge is 0.497 e. The number of anilines is 1. The third-order valence-electron chi connectivity index (χ3n) is 6.11. The van der Waals surface area contributed by atoms with E-state index in [1.807, 2.05) is 41.1 Å². The van der Waals surface area contributed by atoms with Crippen molar-refractivity contribution in [3.8, 4) is 5.75 Å². The minimum atomic E-state index is -0.0729. The monoisotopic (exact) mass is 407 g/mol. The van der Waals surface area contributed by atoms with Gasteiger partial charge in [0.1, 0.15) is 5.75 Å². The Labute approximate surface area is 176 Å². The second kappa shape index (κ2) is 8.78. The zero-order valence-electron chi connectivity index (χ0n) is 17.7. The predicted molar refractivity (Wildman–Crippen MR) is 119 cm³/mol. The summed E-state index contributed by atoms with van der Waals surface area (Å²) in [5.41, 5.74) is 2.50. The number of fused-ring (bicyclic) bond motifs is 1. The summed E-state index contributed by atoms with van der Waals surface area (Å²) in [6, 6.07) is 13.4. The number of amides is 1. The Balaban J connectivity index is 1.55. The number of aromatic nitrogens is 2. The van der Waals surface area contributed by atoms with Gasteiger partial charge in [0, 0.05) is 19.2 Å². The molecule has 0 atom stereocenters. The lowest BCUT2D eigenvalue weighted by molar-refractivity contribution is -0.117. The van der Waals surface area contributed by atoms with E-state index in [0.717, 1.165) is 29.7 Å². The predicted octanol–water partition coefficient (Wildman–Crippen LogP) is 4.31. The van der Waals surface area contributed by atoms with E-state index in [0.29, 0.717) is 30.0 Å². The maximum Gasteiger partial charge on any atom is 0.274 e. The van der Waals surface area contributed by atoms with Crippen molar-refractivity contribution < 1.29 is 9.53 Å². The molecule has 1 aliphatic carbocycles. The molecule has 0 radical (unpaired) electrons. The van der Waals surface area contributed by atoms with Crippen molar-refractivity contribution in [1.29, 1.82) is 0 Å². The average Bonchev–Trinajstić information content (AvgIpc) is 2.99. The van der Waals surface area contributed by atoms with E-state index in [2.05, 4.69) is 5.32 Å². The number of nitrogens with one attached hydrogen (secondary N) is 1. The van der Waals surface area contributed by atoms with E-state index in [1.54, 1.807) is 24.9 Å². The van der Waals surface area contributed by atoms with Crippen molar-refractivity contribution in [2.45, 2.75) is 45.1 Å². The van der Waals surface area contributed by atoms with Crippen LogP contribution in [0.1, 0.15) is 44.1 Å². The average molecular weight is 408 g/mol. The third kappa shape index (κ3) is 4.27. The summed E-state index contributed by atoms with van der Waals surface area (Å²) in [7, 11) is 3.41. The molecule has 0 spiro atoms. The highest BCUT2D eigenvalue weighted by Gasteiger charge is 2.18. The SMILES string of the molecule is COc1cccc(Cn2c3ccc(NC(=O)CC4CCCCC4)cc3c(=O)n2C)c1. The first-order chi connectivity index (χ1) is 14.5. The number of ether oxygens (including phenoxy) is 1. The maximum atomic E-state index is 12.8. The van der Waals surface area contributed by atoms with Crippen LogP contribution in [0.5, 0.6) is 5.75 Å². The normalized spacial score (nSPS) is 14.7. The fraction of sp³-hybridized carbons (Fsp3) is 0.417. The molecule has 0 aliphatic heterocycles. The molecule has 1 saturated carbocycles. The standard InChI is InChI=1S/C24H29N3O3/c1-26-24(29)21-15-19(25-23(28)14-17-7-4-3-5-8-17)11-12-22(21)27(26)16-18-9-6-10-20(13-18)30-2/h6,9-13,15,17H,3-5,7-8,14,16H2,1-2H3,(H,25,28). The van der Waals surface area contributed by atoms with Gasteiger partial charge in [0.15, 0.2) is 0 Å². The fourth-order valence-electron chi connectivity index (χ4n) is 4.46. The van der Waals surface area contributed by atoms with E-state index < -0.39 is 0 Å². The van der Waals surface area contributed by atoms with Crippen LogP contribution >= 0.6 is 0 Å². The number of carbonyl (C=O) groups excluding carboxylic acids is 1. The second-order valence-corrected chi connectivity index (χ2v) is 8.23. The van der Waals surface area contributed by atoms with Crippen molar-refractivity contribution in [2.24, 2.45) is 13.0 Å². The molecule has 1 N–H and O–H groups in total. The molecular weight excluding hydrogens is 378 g/mol. The lowest BCUT2D eigenvalue weighted by atomic mass is 9.87. The number of hydrogen-bond donors (Lipinski definition) is 1. The van der Waals surface area contributed by atoms with Crippen molar-refractivity contribution in [1.82, 2.24) is 9.36 Å². The molecule has 1 aromatic heterocycles. The number of hydrogen-bond acceptors (Lipinski definition) is 3. The number of nitrogens with zero attached hydrogens (tertiary/aromatic N) is 2. The van der Waals surface area contributed by atoms with Crippen LogP contribution in [0.4, 0.5) is 5.69 Å². The summed E-state index contributed by atoms with van der Waals surface area (Å²) in [6.07, 6.45) is 6.57. The Morgan fingerprint density at radius 1 is 1.13 bits per heavy atom. The van der Waals surface area contributed by atoms with E-state index in [4.69, 9.17) is 4.74 Å². The van der Waals surface area contributed by atoms with Gasteiger partial charge in [0.2, 0.25) is 5.91 Å². The van der Waals surface area contributed by atoms with Crippen LogP contribution in [0, 0.1) is 5.92 Å². The molecule has 6 heteroatoms. The molecule has 6 nitrogen and oxygen atoms in total. The maximum absolute atomic E-state index is 12.8. The summed E-state index contributed by atoms with van der Waals surface area (Å²) < 4.78 is 8.87. The number of methoxy groups -OCH3 is 1. The van der Waals surface area contributed by atoms with Crippen LogP contribution in [0.25, 0.3) is 10.9 Å². The highest BCUT2D eigenvalue weighted by Crippen LogP contribution is 2.27. The van der Waals surface area contributed by atoms with Gasteiger partial charge in [-0.15, -0.1) is 0 Å². The van der Waals surface area contributed by atoms with E-state index in [1.165, 1.54) is 19.3 Å². The Kier molecular flexibility index (Phi) is 5.93. The fourth-order valence-corrected chi connectivity index (χ4v) is 4.46. The van der Waals surface area contributed by atoms with E-state index >= 15 is 0 Å². The summed E-state index contributed by atoms with van der Waals surface area (Å²) >= 11 is 0. The van der Waals surface area contributed by atoms with Crippen LogP contribution in [-0.4, -0.2) is 22.4 Å². The van der Waals surface area contributed by atoms with Gasteiger partial charge in [-0.2, -0.15) is 0 Å². The van der Waals surface area contributed by atoms with Gasteiger partial charge in [0.25, 0.3) is 5.56 Å². The smallest absolute Gasteiger partial charge is 0.274 e. The summed E-state index contributed by atoms with van der Waals surface area (Å²) in [5, 5.41) is 3.60. The second-order valence-electron chi connectivity index (χ2n) is 8.23. The van der Waals surface area contributed by atoms with Crippen molar-refractivity contribution in [3.63, 3.8) is 0 Å². The molecule has 1 fully saturated rings. The van der Waals surface area contributed by atoms with Gasteiger partial charge >= 0.3 is 0 Å². The van der Waals surface area contributed by atoms with Crippen LogP contribution in [0.2, 0.25) is 0 Å². The van der Waals surface area contributed by atoms with Crippen molar-refractivity contribution in [2.75, 3.05) is 12.4 Å². The van der Waals surface area contributed by atoms with E-state index in [-0.39, 0.29) is 11.5 Å². The molecule has 2 aromatic carbocycles. The first kappa shape index (κ1) is 20.3. The van der Waals surface area contributed by atoms with Crippen LogP contribution in [0.15, 0.2) is 47.3 Å². The van der Waals surface area contributed by atoms with Crippen LogP contribution in [-0.2, 0) is 18.4 Å². The minimum absolute atomic E-state index is 0.0360. The topological polar surface area (TPSA) is 65.3 Å². The molecule has 4 rings (SSSR count). The molecule has 30 heavy (non-hydrogen) atoms. The highest BCUT2D eigenvalue weighted by atomic mass is 16.5. The molecule has 0 bridgehead atoms. The Morgan fingerprint density at radius 3 is 2.70 bits per heavy atom. The zero-order valence-corrected chi connectivity index (χ0v) is 17.7. The van der Waals surface area contributed by atoms with Gasteiger partial charge in [0.05, 0.1) is 24.6 Å². The molecule has 0 unspecified atom stereocenters. The van der Waals surface area contributed by atoms with Gasteiger partial charge in [-0.1, -0.05) is 31.4 Å². The molecule has 1 heterocycles.